The predicted molar refractivity (Wildman–Crippen MR) is 62.9 cm³/mol. The summed E-state index contributed by atoms with van der Waals surface area (Å²) < 4.78 is 0. The molecule has 0 radical (unpaired) electrons. The molecule has 0 aliphatic carbocycles. The molecule has 0 bridgehead atoms. The monoisotopic (exact) mass is 201 g/mol. The fourth-order valence-corrected chi connectivity index (χ4v) is 1.06. The maximum absolute atomic E-state index is 4.10. The molecule has 0 heterocycles. The first kappa shape index (κ1) is 11.2. The highest BCUT2D eigenvalue weighted by atomic mass is 15.5. The van der Waals surface area contributed by atoms with Crippen LogP contribution in [0.4, 0.5) is 5.69 Å². The van der Waals surface area contributed by atoms with E-state index in [1.165, 1.54) is 0 Å². The minimum atomic E-state index is 0.669. The van der Waals surface area contributed by atoms with Crippen LogP contribution in [0.15, 0.2) is 66.0 Å². The van der Waals surface area contributed by atoms with Crippen molar-refractivity contribution >= 4 is 5.69 Å². The second kappa shape index (κ2) is 6.54. The Morgan fingerprint density at radius 2 is 1.67 bits per heavy atom. The highest BCUT2D eigenvalue weighted by Crippen LogP contribution is 2.10. The van der Waals surface area contributed by atoms with Gasteiger partial charge in [0, 0.05) is 0 Å². The van der Waals surface area contributed by atoms with Gasteiger partial charge in [-0.1, -0.05) is 35.6 Å². The standard InChI is InChI=1S/C12H15N3/c1-3-10-15(11-4-2)14-13-12-8-6-5-7-9-12/h3-9H,1-2,10-11H2. The van der Waals surface area contributed by atoms with Crippen LogP contribution in [-0.2, 0) is 0 Å². The summed E-state index contributed by atoms with van der Waals surface area (Å²) in [5.41, 5.74) is 0.843. The molecule has 0 unspecified atom stereocenters. The number of benzene rings is 1. The fraction of sp³-hybridized carbons (Fsp3) is 0.167. The predicted octanol–water partition coefficient (Wildman–Crippen LogP) is 3.36. The second-order valence-corrected chi connectivity index (χ2v) is 2.97. The van der Waals surface area contributed by atoms with Crippen LogP contribution in [0.25, 0.3) is 0 Å². The summed E-state index contributed by atoms with van der Waals surface area (Å²) in [6.45, 7) is 8.66. The Morgan fingerprint density at radius 3 is 2.20 bits per heavy atom. The molecule has 1 aromatic rings. The molecule has 0 spiro atoms. The smallest absolute Gasteiger partial charge is 0.0874 e. The van der Waals surface area contributed by atoms with Gasteiger partial charge in [0.25, 0.3) is 0 Å². The number of hydrogen-bond acceptors (Lipinski definition) is 2. The second-order valence-electron chi connectivity index (χ2n) is 2.97. The summed E-state index contributed by atoms with van der Waals surface area (Å²) in [7, 11) is 0. The quantitative estimate of drug-likeness (QED) is 0.394. The summed E-state index contributed by atoms with van der Waals surface area (Å²) in [4.78, 5) is 0. The van der Waals surface area contributed by atoms with Crippen molar-refractivity contribution in [2.45, 2.75) is 0 Å². The van der Waals surface area contributed by atoms with Gasteiger partial charge >= 0.3 is 0 Å². The zero-order valence-electron chi connectivity index (χ0n) is 8.71. The van der Waals surface area contributed by atoms with Crippen LogP contribution in [-0.4, -0.2) is 18.1 Å². The van der Waals surface area contributed by atoms with Crippen molar-refractivity contribution in [2.75, 3.05) is 13.1 Å². The molecule has 3 nitrogen and oxygen atoms in total. The van der Waals surface area contributed by atoms with Crippen molar-refractivity contribution in [2.24, 2.45) is 10.3 Å². The van der Waals surface area contributed by atoms with E-state index in [0.29, 0.717) is 13.1 Å². The van der Waals surface area contributed by atoms with Crippen molar-refractivity contribution in [3.63, 3.8) is 0 Å². The van der Waals surface area contributed by atoms with Crippen molar-refractivity contribution in [3.8, 4) is 0 Å². The molecule has 0 atom stereocenters. The van der Waals surface area contributed by atoms with Gasteiger partial charge in [-0.2, -0.15) is 0 Å². The van der Waals surface area contributed by atoms with Crippen molar-refractivity contribution in [3.05, 3.63) is 55.6 Å². The van der Waals surface area contributed by atoms with Crippen molar-refractivity contribution in [1.29, 1.82) is 0 Å². The summed E-state index contributed by atoms with van der Waals surface area (Å²) in [6, 6.07) is 9.62. The fourth-order valence-electron chi connectivity index (χ4n) is 1.06. The largest absolute Gasteiger partial charge is 0.271 e. The Morgan fingerprint density at radius 1 is 1.07 bits per heavy atom. The van der Waals surface area contributed by atoms with E-state index in [-0.39, 0.29) is 0 Å². The van der Waals surface area contributed by atoms with Crippen LogP contribution in [0.3, 0.4) is 0 Å². The normalized spacial score (nSPS) is 10.1. The highest BCUT2D eigenvalue weighted by molar-refractivity contribution is 5.34. The zero-order valence-corrected chi connectivity index (χ0v) is 8.71. The number of hydrogen-bond donors (Lipinski definition) is 0. The lowest BCUT2D eigenvalue weighted by Crippen LogP contribution is -2.16. The molecule has 0 saturated heterocycles. The Balaban J connectivity index is 2.60. The van der Waals surface area contributed by atoms with Gasteiger partial charge in [0.05, 0.1) is 18.8 Å². The van der Waals surface area contributed by atoms with Crippen LogP contribution in [0.5, 0.6) is 0 Å². The van der Waals surface area contributed by atoms with E-state index < -0.39 is 0 Å². The Hall–Kier alpha value is -1.90. The Labute approximate surface area is 90.4 Å². The minimum absolute atomic E-state index is 0.669. The molecule has 0 aromatic heterocycles. The summed E-state index contributed by atoms with van der Waals surface area (Å²) in [6.07, 6.45) is 3.57. The van der Waals surface area contributed by atoms with Gasteiger partial charge in [-0.3, -0.25) is 5.01 Å². The first-order valence-corrected chi connectivity index (χ1v) is 4.80. The third-order valence-corrected chi connectivity index (χ3v) is 1.72. The average Bonchev–Trinajstić information content (AvgIpc) is 2.28. The van der Waals surface area contributed by atoms with Gasteiger partial charge in [0.15, 0.2) is 0 Å². The van der Waals surface area contributed by atoms with Crippen LogP contribution in [0, 0.1) is 0 Å². The molecule has 0 N–H and O–H groups in total. The minimum Gasteiger partial charge on any atom is -0.271 e. The first-order valence-electron chi connectivity index (χ1n) is 4.80. The molecular formula is C12H15N3. The summed E-state index contributed by atoms with van der Waals surface area (Å²) in [5, 5.41) is 9.97. The van der Waals surface area contributed by atoms with E-state index in [0.717, 1.165) is 5.69 Å². The third kappa shape index (κ3) is 4.22. The Kier molecular flexibility index (Phi) is 4.87. The first-order chi connectivity index (χ1) is 7.36. The van der Waals surface area contributed by atoms with Crippen LogP contribution < -0.4 is 0 Å². The van der Waals surface area contributed by atoms with Gasteiger partial charge in [-0.25, -0.2) is 0 Å². The lowest BCUT2D eigenvalue weighted by molar-refractivity contribution is 0.333. The van der Waals surface area contributed by atoms with Crippen LogP contribution in [0.1, 0.15) is 0 Å². The summed E-state index contributed by atoms with van der Waals surface area (Å²) in [5.74, 6) is 0. The molecule has 0 amide bonds. The number of nitrogens with zero attached hydrogens (tertiary/aromatic N) is 3. The van der Waals surface area contributed by atoms with Gasteiger partial charge in [0.2, 0.25) is 0 Å². The van der Waals surface area contributed by atoms with Crippen LogP contribution >= 0.6 is 0 Å². The molecule has 0 aliphatic heterocycles. The molecular weight excluding hydrogens is 186 g/mol. The van der Waals surface area contributed by atoms with E-state index in [1.54, 1.807) is 17.2 Å². The molecule has 0 fully saturated rings. The lowest BCUT2D eigenvalue weighted by Gasteiger charge is -2.11. The zero-order chi connectivity index (χ0) is 10.9. The maximum atomic E-state index is 4.10. The molecule has 0 saturated carbocycles. The van der Waals surface area contributed by atoms with Gasteiger partial charge < -0.3 is 0 Å². The molecule has 78 valence electrons. The third-order valence-electron chi connectivity index (χ3n) is 1.72. The lowest BCUT2D eigenvalue weighted by atomic mass is 10.3. The molecule has 0 aliphatic rings. The van der Waals surface area contributed by atoms with Crippen molar-refractivity contribution < 1.29 is 0 Å². The molecule has 1 aromatic carbocycles. The summed E-state index contributed by atoms with van der Waals surface area (Å²) >= 11 is 0. The maximum Gasteiger partial charge on any atom is 0.0874 e. The topological polar surface area (TPSA) is 28.0 Å². The van der Waals surface area contributed by atoms with E-state index >= 15 is 0 Å². The van der Waals surface area contributed by atoms with Gasteiger partial charge in [0.1, 0.15) is 0 Å². The van der Waals surface area contributed by atoms with Crippen LogP contribution in [0.2, 0.25) is 0 Å². The SMILES string of the molecule is C=CCN(CC=C)N=Nc1ccccc1. The highest BCUT2D eigenvalue weighted by Gasteiger charge is 1.94. The average molecular weight is 201 g/mol. The number of rotatable bonds is 6. The molecule has 1 rings (SSSR count). The van der Waals surface area contributed by atoms with E-state index in [1.807, 2.05) is 30.3 Å². The van der Waals surface area contributed by atoms with E-state index in [9.17, 15) is 0 Å². The molecule has 3 heteroatoms. The molecule has 15 heavy (non-hydrogen) atoms. The Bertz CT molecular complexity index is 320. The van der Waals surface area contributed by atoms with Gasteiger partial charge in [-0.15, -0.1) is 18.3 Å². The van der Waals surface area contributed by atoms with Gasteiger partial charge in [-0.05, 0) is 12.1 Å². The van der Waals surface area contributed by atoms with E-state index in [2.05, 4.69) is 23.5 Å². The van der Waals surface area contributed by atoms with Crippen molar-refractivity contribution in [1.82, 2.24) is 5.01 Å². The van der Waals surface area contributed by atoms with E-state index in [4.69, 9.17) is 0 Å².